The Hall–Kier alpha value is -1.26. The molecule has 0 radical (unpaired) electrons. The van der Waals surface area contributed by atoms with Gasteiger partial charge < -0.3 is 5.73 Å². The van der Waals surface area contributed by atoms with Crippen molar-refractivity contribution in [2.24, 2.45) is 0 Å². The van der Waals surface area contributed by atoms with Crippen LogP contribution in [-0.4, -0.2) is 0 Å². The molecule has 1 aromatic rings. The van der Waals surface area contributed by atoms with Crippen LogP contribution in [0.25, 0.3) is 0 Å². The Labute approximate surface area is 92.3 Å². The maximum Gasteiger partial charge on any atom is 0.419 e. The Morgan fingerprint density at radius 1 is 1.19 bits per heavy atom. The van der Waals surface area contributed by atoms with Crippen molar-refractivity contribution in [1.29, 1.82) is 0 Å². The molecule has 2 N–H and O–H groups in total. The molecule has 0 fully saturated rings. The van der Waals surface area contributed by atoms with Crippen LogP contribution in [0, 0.1) is 5.82 Å². The van der Waals surface area contributed by atoms with Crippen molar-refractivity contribution in [2.45, 2.75) is 33.4 Å². The highest BCUT2D eigenvalue weighted by Gasteiger charge is 2.36. The maximum atomic E-state index is 13.0. The number of rotatable bonds is 1. The fourth-order valence-electron chi connectivity index (χ4n) is 1.28. The van der Waals surface area contributed by atoms with Crippen molar-refractivity contribution in [3.8, 4) is 0 Å². The Morgan fingerprint density at radius 3 is 2.06 bits per heavy atom. The first-order chi connectivity index (χ1) is 7.36. The zero-order chi connectivity index (χ0) is 12.9. The maximum absolute atomic E-state index is 13.0. The van der Waals surface area contributed by atoms with Crippen LogP contribution in [0.15, 0.2) is 12.1 Å². The third-order valence-electron chi connectivity index (χ3n) is 1.86. The van der Waals surface area contributed by atoms with Gasteiger partial charge in [-0.1, -0.05) is 20.8 Å². The molecule has 5 heteroatoms. The summed E-state index contributed by atoms with van der Waals surface area (Å²) in [5.41, 5.74) is 3.92. The molecule has 16 heavy (non-hydrogen) atoms. The van der Waals surface area contributed by atoms with Gasteiger partial charge in [0.05, 0.1) is 5.56 Å². The minimum atomic E-state index is -4.66. The van der Waals surface area contributed by atoms with Crippen LogP contribution >= 0.6 is 0 Å². The monoisotopic (exact) mass is 237 g/mol. The first-order valence-corrected chi connectivity index (χ1v) is 5.01. The molecule has 0 heterocycles. The molecule has 1 rings (SSSR count). The van der Waals surface area contributed by atoms with Crippen LogP contribution in [0.3, 0.4) is 0 Å². The van der Waals surface area contributed by atoms with Gasteiger partial charge in [-0.25, -0.2) is 4.39 Å². The molecule has 0 saturated carbocycles. The third-order valence-corrected chi connectivity index (χ3v) is 1.86. The number of nitrogen functional groups attached to an aromatic ring is 1. The highest BCUT2D eigenvalue weighted by Crippen LogP contribution is 2.35. The Balaban J connectivity index is 0.00000106. The summed E-state index contributed by atoms with van der Waals surface area (Å²) < 4.78 is 50.0. The predicted octanol–water partition coefficient (Wildman–Crippen LogP) is 4.02. The fourth-order valence-corrected chi connectivity index (χ4v) is 1.28. The van der Waals surface area contributed by atoms with Crippen molar-refractivity contribution < 1.29 is 17.6 Å². The van der Waals surface area contributed by atoms with Crippen molar-refractivity contribution in [2.75, 3.05) is 5.73 Å². The topological polar surface area (TPSA) is 26.0 Å². The summed E-state index contributed by atoms with van der Waals surface area (Å²) in [6.07, 6.45) is -4.57. The van der Waals surface area contributed by atoms with E-state index in [0.717, 1.165) is 6.07 Å². The lowest BCUT2D eigenvalue weighted by Gasteiger charge is -2.13. The van der Waals surface area contributed by atoms with Crippen molar-refractivity contribution in [3.05, 3.63) is 29.1 Å². The van der Waals surface area contributed by atoms with Gasteiger partial charge in [0, 0.05) is 5.69 Å². The minimum Gasteiger partial charge on any atom is -0.399 e. The smallest absolute Gasteiger partial charge is 0.399 e. The molecule has 92 valence electrons. The lowest BCUT2D eigenvalue weighted by Crippen LogP contribution is -2.12. The minimum absolute atomic E-state index is 0.00681. The molecule has 0 saturated heterocycles. The number of alkyl halides is 3. The van der Waals surface area contributed by atoms with E-state index in [4.69, 9.17) is 5.73 Å². The second kappa shape index (κ2) is 5.72. The standard InChI is InChI=1S/C9H9F4N.C2H6/c1-2-5-3-6(14)4-7(10)8(5)9(11,12)13;1-2/h3-4H,2,14H2,1H3;1-2H3. The average Bonchev–Trinajstić information content (AvgIpc) is 2.17. The zero-order valence-electron chi connectivity index (χ0n) is 9.45. The molecule has 0 aliphatic rings. The van der Waals surface area contributed by atoms with Gasteiger partial charge >= 0.3 is 6.18 Å². The summed E-state index contributed by atoms with van der Waals surface area (Å²) in [5.74, 6) is -1.31. The number of hydrogen-bond acceptors (Lipinski definition) is 1. The van der Waals surface area contributed by atoms with Crippen molar-refractivity contribution in [3.63, 3.8) is 0 Å². The predicted molar refractivity (Wildman–Crippen MR) is 56.5 cm³/mol. The van der Waals surface area contributed by atoms with E-state index in [1.807, 2.05) is 13.8 Å². The average molecular weight is 237 g/mol. The Bertz CT molecular complexity index is 345. The molecule has 0 bridgehead atoms. The molecule has 0 aromatic heterocycles. The van der Waals surface area contributed by atoms with Gasteiger partial charge in [0.1, 0.15) is 5.82 Å². The summed E-state index contributed by atoms with van der Waals surface area (Å²) in [4.78, 5) is 0. The van der Waals surface area contributed by atoms with Crippen LogP contribution in [0.4, 0.5) is 23.2 Å². The fraction of sp³-hybridized carbons (Fsp3) is 0.455. The molecule has 0 aliphatic carbocycles. The van der Waals surface area contributed by atoms with Gasteiger partial charge in [0.2, 0.25) is 0 Å². The van der Waals surface area contributed by atoms with Gasteiger partial charge in [0.25, 0.3) is 0 Å². The molecule has 0 aliphatic heterocycles. The second-order valence-electron chi connectivity index (χ2n) is 2.89. The van der Waals surface area contributed by atoms with E-state index >= 15 is 0 Å². The van der Waals surface area contributed by atoms with Crippen LogP contribution in [0.5, 0.6) is 0 Å². The molecular weight excluding hydrogens is 222 g/mol. The Morgan fingerprint density at radius 2 is 1.69 bits per heavy atom. The number of hydrogen-bond donors (Lipinski definition) is 1. The van der Waals surface area contributed by atoms with E-state index in [0.29, 0.717) is 6.07 Å². The molecule has 0 unspecified atom stereocenters. The van der Waals surface area contributed by atoms with Gasteiger partial charge in [-0.05, 0) is 24.1 Å². The number of anilines is 1. The molecule has 0 atom stereocenters. The van der Waals surface area contributed by atoms with Crippen molar-refractivity contribution in [1.82, 2.24) is 0 Å². The highest BCUT2D eigenvalue weighted by atomic mass is 19.4. The lowest BCUT2D eigenvalue weighted by atomic mass is 10.0. The van der Waals surface area contributed by atoms with Crippen molar-refractivity contribution >= 4 is 5.69 Å². The largest absolute Gasteiger partial charge is 0.419 e. The summed E-state index contributed by atoms with van der Waals surface area (Å²) in [6.45, 7) is 5.52. The van der Waals surface area contributed by atoms with Crippen LogP contribution in [0.1, 0.15) is 31.9 Å². The molecule has 0 spiro atoms. The number of nitrogens with two attached hydrogens (primary N) is 1. The van der Waals surface area contributed by atoms with E-state index in [9.17, 15) is 17.6 Å². The van der Waals surface area contributed by atoms with Gasteiger partial charge in [-0.2, -0.15) is 13.2 Å². The van der Waals surface area contributed by atoms with Gasteiger partial charge in [0.15, 0.2) is 0 Å². The van der Waals surface area contributed by atoms with Crippen LogP contribution in [0.2, 0.25) is 0 Å². The quantitative estimate of drug-likeness (QED) is 0.579. The number of benzene rings is 1. The number of aryl methyl sites for hydroxylation is 1. The normalized spacial score (nSPS) is 10.7. The first kappa shape index (κ1) is 14.7. The SMILES string of the molecule is CC.CCc1cc(N)cc(F)c1C(F)(F)F. The van der Waals surface area contributed by atoms with Gasteiger partial charge in [-0.3, -0.25) is 0 Å². The van der Waals surface area contributed by atoms with E-state index in [1.165, 1.54) is 6.92 Å². The van der Waals surface area contributed by atoms with Crippen LogP contribution in [-0.2, 0) is 12.6 Å². The summed E-state index contributed by atoms with van der Waals surface area (Å²) in [7, 11) is 0. The van der Waals surface area contributed by atoms with E-state index in [2.05, 4.69) is 0 Å². The summed E-state index contributed by atoms with van der Waals surface area (Å²) >= 11 is 0. The summed E-state index contributed by atoms with van der Waals surface area (Å²) in [5, 5.41) is 0. The first-order valence-electron chi connectivity index (χ1n) is 5.01. The van der Waals surface area contributed by atoms with E-state index < -0.39 is 17.6 Å². The molecule has 0 amide bonds. The van der Waals surface area contributed by atoms with Crippen LogP contribution < -0.4 is 5.73 Å². The van der Waals surface area contributed by atoms with Gasteiger partial charge in [-0.15, -0.1) is 0 Å². The van der Waals surface area contributed by atoms with E-state index in [1.54, 1.807) is 0 Å². The zero-order valence-corrected chi connectivity index (χ0v) is 9.45. The second-order valence-corrected chi connectivity index (χ2v) is 2.89. The van der Waals surface area contributed by atoms with E-state index in [-0.39, 0.29) is 17.7 Å². The lowest BCUT2D eigenvalue weighted by molar-refractivity contribution is -0.140. The number of halogens is 4. The molecular formula is C11H15F4N. The molecule has 1 nitrogen and oxygen atoms in total. The third kappa shape index (κ3) is 3.40. The summed E-state index contributed by atoms with van der Waals surface area (Å²) in [6, 6.07) is 1.83. The highest BCUT2D eigenvalue weighted by molar-refractivity contribution is 5.46. The Kier molecular flexibility index (Phi) is 5.27. The molecule has 1 aromatic carbocycles.